The largest absolute Gasteiger partial charge is 0.486 e. The number of nitro groups is 1. The lowest BCUT2D eigenvalue weighted by Gasteiger charge is -2.22. The van der Waals surface area contributed by atoms with Crippen molar-refractivity contribution < 1.29 is 14.4 Å². The van der Waals surface area contributed by atoms with E-state index >= 15 is 0 Å². The van der Waals surface area contributed by atoms with Crippen LogP contribution in [0, 0.1) is 21.4 Å². The zero-order valence-corrected chi connectivity index (χ0v) is 13.1. The summed E-state index contributed by atoms with van der Waals surface area (Å²) in [5.74, 6) is 1.39. The van der Waals surface area contributed by atoms with E-state index in [1.807, 2.05) is 24.3 Å². The van der Waals surface area contributed by atoms with Gasteiger partial charge in [-0.05, 0) is 29.8 Å². The third kappa shape index (κ3) is 3.08. The van der Waals surface area contributed by atoms with E-state index in [4.69, 9.17) is 14.7 Å². The minimum atomic E-state index is -0.476. The predicted molar refractivity (Wildman–Crippen MR) is 87.4 cm³/mol. The quantitative estimate of drug-likeness (QED) is 0.634. The summed E-state index contributed by atoms with van der Waals surface area (Å²) in [6.07, 6.45) is 0. The first-order valence-corrected chi connectivity index (χ1v) is 7.36. The molecule has 0 fully saturated rings. The van der Waals surface area contributed by atoms with E-state index in [1.165, 1.54) is 6.07 Å². The maximum atomic E-state index is 11.3. The lowest BCUT2D eigenvalue weighted by molar-refractivity contribution is -0.384. The fraction of sp³-hybridized carbons (Fsp3) is 0.235. The van der Waals surface area contributed by atoms with Crippen LogP contribution in [0.2, 0.25) is 0 Å². The third-order valence-electron chi connectivity index (χ3n) is 3.74. The van der Waals surface area contributed by atoms with Gasteiger partial charge in [0.25, 0.3) is 5.69 Å². The summed E-state index contributed by atoms with van der Waals surface area (Å²) in [5, 5.41) is 20.2. The molecule has 0 atom stereocenters. The number of hydrogen-bond donors (Lipinski definition) is 0. The lowest BCUT2D eigenvalue weighted by Crippen LogP contribution is -2.19. The molecule has 1 heterocycles. The molecule has 0 N–H and O–H groups in total. The van der Waals surface area contributed by atoms with Crippen molar-refractivity contribution in [3.05, 3.63) is 57.6 Å². The highest BCUT2D eigenvalue weighted by atomic mass is 16.6. The third-order valence-corrected chi connectivity index (χ3v) is 3.74. The summed E-state index contributed by atoms with van der Waals surface area (Å²) in [6.45, 7) is 1.50. The fourth-order valence-corrected chi connectivity index (χ4v) is 2.61. The number of anilines is 1. The van der Waals surface area contributed by atoms with Crippen LogP contribution in [0.3, 0.4) is 0 Å². The van der Waals surface area contributed by atoms with Crippen molar-refractivity contribution in [3.63, 3.8) is 0 Å². The van der Waals surface area contributed by atoms with Crippen molar-refractivity contribution in [1.82, 2.24) is 0 Å². The molecule has 0 saturated carbocycles. The van der Waals surface area contributed by atoms with E-state index in [9.17, 15) is 10.1 Å². The standard InChI is InChI=1S/C17H15N3O4/c1-19(14-4-2-12(10-18)8-15(14)20(21)22)11-13-3-5-16-17(9-13)24-7-6-23-16/h2-5,8-9H,6-7,11H2,1H3. The van der Waals surface area contributed by atoms with Crippen LogP contribution in [-0.4, -0.2) is 25.2 Å². The van der Waals surface area contributed by atoms with Crippen LogP contribution >= 0.6 is 0 Å². The highest BCUT2D eigenvalue weighted by Gasteiger charge is 2.19. The molecule has 0 radical (unpaired) electrons. The molecule has 1 aliphatic rings. The second kappa shape index (κ2) is 6.46. The smallest absolute Gasteiger partial charge is 0.293 e. The van der Waals surface area contributed by atoms with Gasteiger partial charge < -0.3 is 14.4 Å². The first-order valence-electron chi connectivity index (χ1n) is 7.36. The summed E-state index contributed by atoms with van der Waals surface area (Å²) in [6, 6.07) is 12.0. The molecular weight excluding hydrogens is 310 g/mol. The molecule has 0 bridgehead atoms. The predicted octanol–water partition coefficient (Wildman–Crippen LogP) is 2.87. The average molecular weight is 325 g/mol. The zero-order chi connectivity index (χ0) is 17.1. The van der Waals surface area contributed by atoms with Crippen LogP contribution in [0.4, 0.5) is 11.4 Å². The second-order valence-corrected chi connectivity index (χ2v) is 5.41. The van der Waals surface area contributed by atoms with E-state index in [0.717, 1.165) is 5.56 Å². The van der Waals surface area contributed by atoms with Gasteiger partial charge in [-0.3, -0.25) is 10.1 Å². The average Bonchev–Trinajstić information content (AvgIpc) is 2.61. The molecule has 0 aliphatic carbocycles. The van der Waals surface area contributed by atoms with Gasteiger partial charge in [-0.1, -0.05) is 6.07 Å². The van der Waals surface area contributed by atoms with Crippen molar-refractivity contribution in [3.8, 4) is 17.6 Å². The number of nitrogens with zero attached hydrogens (tertiary/aromatic N) is 3. The number of hydrogen-bond acceptors (Lipinski definition) is 6. The maximum Gasteiger partial charge on any atom is 0.293 e. The van der Waals surface area contributed by atoms with Crippen molar-refractivity contribution in [2.24, 2.45) is 0 Å². The van der Waals surface area contributed by atoms with Crippen LogP contribution < -0.4 is 14.4 Å². The molecule has 1 aliphatic heterocycles. The number of ether oxygens (including phenoxy) is 2. The Kier molecular flexibility index (Phi) is 4.20. The van der Waals surface area contributed by atoms with E-state index < -0.39 is 4.92 Å². The molecule has 2 aromatic carbocycles. The number of benzene rings is 2. The van der Waals surface area contributed by atoms with Gasteiger partial charge in [0, 0.05) is 19.7 Å². The first-order chi connectivity index (χ1) is 11.6. The van der Waals surface area contributed by atoms with E-state index in [-0.39, 0.29) is 11.3 Å². The Hall–Kier alpha value is -3.27. The molecular formula is C17H15N3O4. The zero-order valence-electron chi connectivity index (χ0n) is 13.1. The van der Waals surface area contributed by atoms with Crippen LogP contribution in [0.25, 0.3) is 0 Å². The van der Waals surface area contributed by atoms with Crippen LogP contribution in [0.5, 0.6) is 11.5 Å². The number of nitro benzene ring substituents is 1. The van der Waals surface area contributed by atoms with Crippen LogP contribution in [0.15, 0.2) is 36.4 Å². The number of nitriles is 1. The molecule has 3 rings (SSSR count). The lowest BCUT2D eigenvalue weighted by atomic mass is 10.1. The Labute approximate surface area is 138 Å². The van der Waals surface area contributed by atoms with Gasteiger partial charge in [0.05, 0.1) is 16.6 Å². The minimum Gasteiger partial charge on any atom is -0.486 e. The monoisotopic (exact) mass is 325 g/mol. The summed E-state index contributed by atoms with van der Waals surface area (Å²) < 4.78 is 11.0. The van der Waals surface area contributed by atoms with E-state index in [0.29, 0.717) is 36.9 Å². The van der Waals surface area contributed by atoms with Gasteiger partial charge in [-0.15, -0.1) is 0 Å². The minimum absolute atomic E-state index is 0.0888. The number of rotatable bonds is 4. The van der Waals surface area contributed by atoms with Crippen molar-refractivity contribution in [1.29, 1.82) is 5.26 Å². The Bertz CT molecular complexity index is 829. The van der Waals surface area contributed by atoms with Gasteiger partial charge in [0.1, 0.15) is 18.9 Å². The highest BCUT2D eigenvalue weighted by molar-refractivity contribution is 5.65. The summed E-state index contributed by atoms with van der Waals surface area (Å²) in [7, 11) is 1.77. The molecule has 24 heavy (non-hydrogen) atoms. The van der Waals surface area contributed by atoms with E-state index in [2.05, 4.69) is 0 Å². The molecule has 7 nitrogen and oxygen atoms in total. The molecule has 0 unspecified atom stereocenters. The Morgan fingerprint density at radius 1 is 1.21 bits per heavy atom. The molecule has 2 aromatic rings. The highest BCUT2D eigenvalue weighted by Crippen LogP contribution is 2.33. The molecule has 7 heteroatoms. The molecule has 0 aromatic heterocycles. The van der Waals surface area contributed by atoms with Crippen molar-refractivity contribution >= 4 is 11.4 Å². The van der Waals surface area contributed by atoms with Gasteiger partial charge in [-0.25, -0.2) is 0 Å². The first kappa shape index (κ1) is 15.6. The molecule has 122 valence electrons. The van der Waals surface area contributed by atoms with Gasteiger partial charge in [0.2, 0.25) is 0 Å². The molecule has 0 spiro atoms. The Morgan fingerprint density at radius 3 is 2.67 bits per heavy atom. The Morgan fingerprint density at radius 2 is 1.96 bits per heavy atom. The topological polar surface area (TPSA) is 88.6 Å². The van der Waals surface area contributed by atoms with Crippen LogP contribution in [-0.2, 0) is 6.54 Å². The molecule has 0 saturated heterocycles. The van der Waals surface area contributed by atoms with E-state index in [1.54, 1.807) is 24.1 Å². The van der Waals surface area contributed by atoms with Crippen molar-refractivity contribution in [2.75, 3.05) is 25.2 Å². The van der Waals surface area contributed by atoms with Gasteiger partial charge >= 0.3 is 0 Å². The van der Waals surface area contributed by atoms with Crippen LogP contribution in [0.1, 0.15) is 11.1 Å². The summed E-state index contributed by atoms with van der Waals surface area (Å²) in [4.78, 5) is 12.6. The van der Waals surface area contributed by atoms with Gasteiger partial charge in [-0.2, -0.15) is 5.26 Å². The molecule has 0 amide bonds. The number of fused-ring (bicyclic) bond motifs is 1. The summed E-state index contributed by atoms with van der Waals surface area (Å²) >= 11 is 0. The van der Waals surface area contributed by atoms with Gasteiger partial charge in [0.15, 0.2) is 11.5 Å². The maximum absolute atomic E-state index is 11.3. The normalized spacial score (nSPS) is 12.3. The fourth-order valence-electron chi connectivity index (χ4n) is 2.61. The SMILES string of the molecule is CN(Cc1ccc2c(c1)OCCO2)c1ccc(C#N)cc1[N+](=O)[O-]. The Balaban J connectivity index is 1.86. The summed E-state index contributed by atoms with van der Waals surface area (Å²) in [5.41, 5.74) is 1.57. The van der Waals surface area contributed by atoms with Crippen molar-refractivity contribution in [2.45, 2.75) is 6.54 Å². The second-order valence-electron chi connectivity index (χ2n) is 5.41.